The van der Waals surface area contributed by atoms with Crippen molar-refractivity contribution >= 4 is 11.9 Å². The van der Waals surface area contributed by atoms with Gasteiger partial charge in [-0.1, -0.05) is 0 Å². The van der Waals surface area contributed by atoms with Gasteiger partial charge in [-0.15, -0.1) is 0 Å². The number of carbonyl (C=O) groups is 2. The van der Waals surface area contributed by atoms with E-state index in [9.17, 15) is 9.59 Å². The van der Waals surface area contributed by atoms with Gasteiger partial charge in [0.2, 0.25) is 0 Å². The van der Waals surface area contributed by atoms with Crippen LogP contribution in [-0.2, 0) is 19.1 Å². The van der Waals surface area contributed by atoms with Crippen LogP contribution in [0.25, 0.3) is 0 Å². The van der Waals surface area contributed by atoms with Crippen LogP contribution in [0.1, 0.15) is 13.8 Å². The molecule has 18 heavy (non-hydrogen) atoms. The van der Waals surface area contributed by atoms with Crippen LogP contribution in [0.5, 0.6) is 0 Å². The van der Waals surface area contributed by atoms with Gasteiger partial charge in [0, 0.05) is 26.2 Å². The molecular weight excluding hydrogens is 236 g/mol. The Morgan fingerprint density at radius 3 is 1.33 bits per heavy atom. The summed E-state index contributed by atoms with van der Waals surface area (Å²) in [6.07, 6.45) is 0. The molecule has 0 aromatic rings. The lowest BCUT2D eigenvalue weighted by molar-refractivity contribution is -0.150. The molecule has 0 aromatic carbocycles. The van der Waals surface area contributed by atoms with Crippen molar-refractivity contribution in [2.45, 2.75) is 25.9 Å². The standard InChI is InChI=1S/C12H22N2O4/c1-9(11(15)17-3)13-5-7-14(8-6-13)10(2)12(16)18-4/h9-10H,5-8H2,1-4H3. The summed E-state index contributed by atoms with van der Waals surface area (Å²) < 4.78 is 9.45. The zero-order chi connectivity index (χ0) is 13.7. The molecule has 0 saturated carbocycles. The van der Waals surface area contributed by atoms with Gasteiger partial charge in [-0.25, -0.2) is 0 Å². The first-order valence-corrected chi connectivity index (χ1v) is 6.15. The molecule has 2 unspecified atom stereocenters. The number of hydrogen-bond acceptors (Lipinski definition) is 6. The van der Waals surface area contributed by atoms with E-state index in [0.29, 0.717) is 0 Å². The summed E-state index contributed by atoms with van der Waals surface area (Å²) in [4.78, 5) is 27.0. The van der Waals surface area contributed by atoms with Crippen LogP contribution in [0.3, 0.4) is 0 Å². The van der Waals surface area contributed by atoms with E-state index in [4.69, 9.17) is 9.47 Å². The van der Waals surface area contributed by atoms with E-state index in [1.54, 1.807) is 0 Å². The number of hydrogen-bond donors (Lipinski definition) is 0. The van der Waals surface area contributed by atoms with Crippen molar-refractivity contribution < 1.29 is 19.1 Å². The minimum atomic E-state index is -0.231. The number of carbonyl (C=O) groups excluding carboxylic acids is 2. The van der Waals surface area contributed by atoms with E-state index in [0.717, 1.165) is 26.2 Å². The van der Waals surface area contributed by atoms with Crippen molar-refractivity contribution in [2.24, 2.45) is 0 Å². The second kappa shape index (κ2) is 6.70. The van der Waals surface area contributed by atoms with Gasteiger partial charge in [0.1, 0.15) is 12.1 Å². The van der Waals surface area contributed by atoms with Crippen molar-refractivity contribution in [2.75, 3.05) is 40.4 Å². The number of nitrogens with zero attached hydrogens (tertiary/aromatic N) is 2. The van der Waals surface area contributed by atoms with Gasteiger partial charge < -0.3 is 9.47 Å². The highest BCUT2D eigenvalue weighted by Crippen LogP contribution is 2.10. The van der Waals surface area contributed by atoms with Crippen LogP contribution in [0.15, 0.2) is 0 Å². The van der Waals surface area contributed by atoms with Crippen molar-refractivity contribution in [3.63, 3.8) is 0 Å². The van der Waals surface area contributed by atoms with E-state index in [2.05, 4.69) is 9.80 Å². The molecule has 0 aromatic heterocycles. The first-order valence-electron chi connectivity index (χ1n) is 6.15. The van der Waals surface area contributed by atoms with Crippen LogP contribution in [0, 0.1) is 0 Å². The average Bonchev–Trinajstić information content (AvgIpc) is 2.44. The molecule has 1 aliphatic rings. The molecule has 1 heterocycles. The van der Waals surface area contributed by atoms with Crippen molar-refractivity contribution in [3.8, 4) is 0 Å². The number of esters is 2. The minimum Gasteiger partial charge on any atom is -0.468 e. The number of methoxy groups -OCH3 is 2. The van der Waals surface area contributed by atoms with Crippen LogP contribution >= 0.6 is 0 Å². The quantitative estimate of drug-likeness (QED) is 0.647. The maximum absolute atomic E-state index is 11.4. The predicted molar refractivity (Wildman–Crippen MR) is 66.1 cm³/mol. The Bertz CT molecular complexity index is 270. The fourth-order valence-electron chi connectivity index (χ4n) is 2.15. The minimum absolute atomic E-state index is 0.218. The first-order chi connectivity index (χ1) is 8.51. The van der Waals surface area contributed by atoms with E-state index in [1.807, 2.05) is 13.8 Å². The topological polar surface area (TPSA) is 59.1 Å². The predicted octanol–water partition coefficient (Wildman–Crippen LogP) is -0.273. The second-order valence-electron chi connectivity index (χ2n) is 4.47. The van der Waals surface area contributed by atoms with Gasteiger partial charge in [-0.2, -0.15) is 0 Å². The molecule has 0 N–H and O–H groups in total. The van der Waals surface area contributed by atoms with E-state index in [1.165, 1.54) is 14.2 Å². The van der Waals surface area contributed by atoms with Gasteiger partial charge in [-0.3, -0.25) is 19.4 Å². The zero-order valence-electron chi connectivity index (χ0n) is 11.5. The van der Waals surface area contributed by atoms with Crippen LogP contribution in [0.2, 0.25) is 0 Å². The van der Waals surface area contributed by atoms with Crippen LogP contribution in [-0.4, -0.2) is 74.2 Å². The van der Waals surface area contributed by atoms with Crippen LogP contribution in [0.4, 0.5) is 0 Å². The molecule has 1 rings (SSSR count). The fraction of sp³-hybridized carbons (Fsp3) is 0.833. The van der Waals surface area contributed by atoms with Crippen molar-refractivity contribution in [1.29, 1.82) is 0 Å². The Morgan fingerprint density at radius 1 is 0.833 bits per heavy atom. The molecule has 1 aliphatic heterocycles. The average molecular weight is 258 g/mol. The third kappa shape index (κ3) is 3.43. The first kappa shape index (κ1) is 14.9. The molecule has 0 bridgehead atoms. The molecule has 6 heteroatoms. The molecule has 6 nitrogen and oxygen atoms in total. The lowest BCUT2D eigenvalue weighted by atomic mass is 10.2. The van der Waals surface area contributed by atoms with Crippen molar-refractivity contribution in [3.05, 3.63) is 0 Å². The summed E-state index contributed by atoms with van der Waals surface area (Å²) >= 11 is 0. The maximum atomic E-state index is 11.4. The highest BCUT2D eigenvalue weighted by atomic mass is 16.5. The summed E-state index contributed by atoms with van der Waals surface area (Å²) in [7, 11) is 2.79. The van der Waals surface area contributed by atoms with Gasteiger partial charge in [0.25, 0.3) is 0 Å². The molecule has 2 atom stereocenters. The second-order valence-corrected chi connectivity index (χ2v) is 4.47. The molecule has 104 valence electrons. The van der Waals surface area contributed by atoms with Gasteiger partial charge in [-0.05, 0) is 13.8 Å². The zero-order valence-corrected chi connectivity index (χ0v) is 11.5. The Hall–Kier alpha value is -1.14. The Morgan fingerprint density at radius 2 is 1.11 bits per heavy atom. The Kier molecular flexibility index (Phi) is 5.55. The third-order valence-electron chi connectivity index (χ3n) is 3.53. The van der Waals surface area contributed by atoms with E-state index >= 15 is 0 Å². The van der Waals surface area contributed by atoms with E-state index in [-0.39, 0.29) is 24.0 Å². The lowest BCUT2D eigenvalue weighted by Crippen LogP contribution is -2.55. The molecule has 0 spiro atoms. The van der Waals surface area contributed by atoms with Gasteiger partial charge >= 0.3 is 11.9 Å². The lowest BCUT2D eigenvalue weighted by Gasteiger charge is -2.38. The third-order valence-corrected chi connectivity index (χ3v) is 3.53. The summed E-state index contributed by atoms with van der Waals surface area (Å²) in [5.41, 5.74) is 0. The highest BCUT2D eigenvalue weighted by molar-refractivity contribution is 5.75. The fourth-order valence-corrected chi connectivity index (χ4v) is 2.15. The molecule has 1 fully saturated rings. The molecule has 0 aliphatic carbocycles. The number of rotatable bonds is 4. The Balaban J connectivity index is 2.46. The summed E-state index contributed by atoms with van der Waals surface area (Å²) in [5.74, 6) is -0.436. The summed E-state index contributed by atoms with van der Waals surface area (Å²) in [6.45, 7) is 6.67. The summed E-state index contributed by atoms with van der Waals surface area (Å²) in [5, 5.41) is 0. The molecule has 0 amide bonds. The van der Waals surface area contributed by atoms with E-state index < -0.39 is 0 Å². The highest BCUT2D eigenvalue weighted by Gasteiger charge is 2.30. The van der Waals surface area contributed by atoms with Gasteiger partial charge in [0.15, 0.2) is 0 Å². The number of ether oxygens (including phenoxy) is 2. The molecule has 1 saturated heterocycles. The number of piperazine rings is 1. The normalized spacial score (nSPS) is 21.1. The largest absolute Gasteiger partial charge is 0.468 e. The maximum Gasteiger partial charge on any atom is 0.322 e. The Labute approximate surface area is 108 Å². The van der Waals surface area contributed by atoms with Gasteiger partial charge in [0.05, 0.1) is 14.2 Å². The smallest absolute Gasteiger partial charge is 0.322 e. The van der Waals surface area contributed by atoms with Crippen molar-refractivity contribution in [1.82, 2.24) is 9.80 Å². The SMILES string of the molecule is COC(=O)C(C)N1CCN(C(C)C(=O)OC)CC1. The molecular formula is C12H22N2O4. The van der Waals surface area contributed by atoms with Crippen LogP contribution < -0.4 is 0 Å². The molecule has 0 radical (unpaired) electrons. The monoisotopic (exact) mass is 258 g/mol. The summed E-state index contributed by atoms with van der Waals surface area (Å²) in [6, 6.07) is -0.462.